The Hall–Kier alpha value is -3.25. The molecule has 2 aromatic heterocycles. The lowest BCUT2D eigenvalue weighted by atomic mass is 10.1. The zero-order valence-electron chi connectivity index (χ0n) is 19.7. The maximum atomic E-state index is 14.9. The molecule has 10 nitrogen and oxygen atoms in total. The molecular weight excluding hydrogens is 458 g/mol. The highest BCUT2D eigenvalue weighted by Gasteiger charge is 2.25. The van der Waals surface area contributed by atoms with Crippen molar-refractivity contribution in [3.8, 4) is 5.75 Å². The number of anilines is 2. The van der Waals surface area contributed by atoms with E-state index in [0.717, 1.165) is 25.9 Å². The van der Waals surface area contributed by atoms with E-state index in [2.05, 4.69) is 20.2 Å². The standard InChI is InChI=1S/C23H30F2N8O2/c1-30-19-14-20(27-23(34)21(19)28-29-30)32-6-8-33(9-7-32)22-17(24)12-16(13-18(22)25)35-11-10-31-4-2-15(26)3-5-31/h12-15H,2-11,26H2,1H3,(H,27,34). The molecular formula is C23H30F2N8O2. The molecule has 35 heavy (non-hydrogen) atoms. The average Bonchev–Trinajstić information content (AvgIpc) is 3.22. The Morgan fingerprint density at radius 3 is 2.40 bits per heavy atom. The van der Waals surface area contributed by atoms with Gasteiger partial charge in [0.15, 0.2) is 17.2 Å². The fraction of sp³-hybridized carbons (Fsp3) is 0.522. The van der Waals surface area contributed by atoms with Crippen molar-refractivity contribution < 1.29 is 13.5 Å². The van der Waals surface area contributed by atoms with Crippen LogP contribution in [-0.4, -0.2) is 83.3 Å². The van der Waals surface area contributed by atoms with Crippen LogP contribution in [0.1, 0.15) is 12.8 Å². The number of nitrogens with one attached hydrogen (secondary N) is 1. The third-order valence-corrected chi connectivity index (χ3v) is 6.84. The van der Waals surface area contributed by atoms with E-state index in [1.165, 1.54) is 12.1 Å². The summed E-state index contributed by atoms with van der Waals surface area (Å²) >= 11 is 0. The minimum atomic E-state index is -0.645. The van der Waals surface area contributed by atoms with Gasteiger partial charge in [0, 0.05) is 64.0 Å². The molecule has 0 atom stereocenters. The minimum Gasteiger partial charge on any atom is -0.492 e. The molecule has 0 amide bonds. The van der Waals surface area contributed by atoms with E-state index in [-0.39, 0.29) is 28.6 Å². The van der Waals surface area contributed by atoms with Crippen LogP contribution in [0.5, 0.6) is 5.75 Å². The summed E-state index contributed by atoms with van der Waals surface area (Å²) in [5, 5.41) is 7.75. The van der Waals surface area contributed by atoms with Gasteiger partial charge in [-0.25, -0.2) is 13.5 Å². The fourth-order valence-electron chi connectivity index (χ4n) is 4.77. The van der Waals surface area contributed by atoms with Crippen molar-refractivity contribution in [3.05, 3.63) is 40.2 Å². The van der Waals surface area contributed by atoms with E-state index >= 15 is 0 Å². The first-order valence-electron chi connectivity index (χ1n) is 11.9. The van der Waals surface area contributed by atoms with Crippen LogP contribution < -0.4 is 25.8 Å². The normalized spacial score (nSPS) is 17.9. The van der Waals surface area contributed by atoms with E-state index < -0.39 is 11.6 Å². The third kappa shape index (κ3) is 4.94. The van der Waals surface area contributed by atoms with Gasteiger partial charge in [-0.2, -0.15) is 0 Å². The number of likely N-dealkylation sites (tertiary alicyclic amines) is 1. The van der Waals surface area contributed by atoms with Gasteiger partial charge < -0.3 is 25.3 Å². The molecule has 1 aromatic carbocycles. The molecule has 0 aliphatic carbocycles. The van der Waals surface area contributed by atoms with Crippen molar-refractivity contribution in [1.29, 1.82) is 0 Å². The van der Waals surface area contributed by atoms with Crippen molar-refractivity contribution in [2.24, 2.45) is 12.8 Å². The van der Waals surface area contributed by atoms with Crippen molar-refractivity contribution in [1.82, 2.24) is 24.9 Å². The number of nitrogens with zero attached hydrogens (tertiary/aromatic N) is 6. The molecule has 2 fully saturated rings. The van der Waals surface area contributed by atoms with Crippen LogP contribution >= 0.6 is 0 Å². The number of aryl methyl sites for hydroxylation is 1. The highest BCUT2D eigenvalue weighted by atomic mass is 19.1. The van der Waals surface area contributed by atoms with Crippen LogP contribution in [0.15, 0.2) is 23.0 Å². The van der Waals surface area contributed by atoms with Gasteiger partial charge in [-0.1, -0.05) is 5.21 Å². The first-order chi connectivity index (χ1) is 16.9. The Morgan fingerprint density at radius 1 is 1.06 bits per heavy atom. The summed E-state index contributed by atoms with van der Waals surface area (Å²) in [6.07, 6.45) is 1.91. The van der Waals surface area contributed by atoms with Crippen LogP contribution in [0.2, 0.25) is 0 Å². The van der Waals surface area contributed by atoms with Gasteiger partial charge in [0.2, 0.25) is 0 Å². The maximum absolute atomic E-state index is 14.9. The first kappa shape index (κ1) is 23.5. The topological polar surface area (TPSA) is 109 Å². The quantitative estimate of drug-likeness (QED) is 0.531. The lowest BCUT2D eigenvalue weighted by Gasteiger charge is -2.37. The second kappa shape index (κ2) is 9.78. The molecule has 188 valence electrons. The number of nitrogens with two attached hydrogens (primary N) is 1. The van der Waals surface area contributed by atoms with Gasteiger partial charge >= 0.3 is 0 Å². The predicted molar refractivity (Wildman–Crippen MR) is 129 cm³/mol. The SMILES string of the molecule is Cn1nnc2c(=O)[nH]c(N3CCN(c4c(F)cc(OCCN5CCC(N)CC5)cc4F)CC3)cc21. The second-order valence-electron chi connectivity index (χ2n) is 9.17. The summed E-state index contributed by atoms with van der Waals surface area (Å²) < 4.78 is 37.0. The van der Waals surface area contributed by atoms with E-state index in [1.807, 2.05) is 11.0 Å². The largest absolute Gasteiger partial charge is 0.492 e. The summed E-state index contributed by atoms with van der Waals surface area (Å²) in [5.74, 6) is -0.471. The van der Waals surface area contributed by atoms with Crippen LogP contribution in [0.25, 0.3) is 11.0 Å². The molecule has 4 heterocycles. The van der Waals surface area contributed by atoms with E-state index in [9.17, 15) is 13.6 Å². The molecule has 0 saturated carbocycles. The second-order valence-corrected chi connectivity index (χ2v) is 9.17. The van der Waals surface area contributed by atoms with Gasteiger partial charge in [0.05, 0.1) is 5.52 Å². The zero-order valence-corrected chi connectivity index (χ0v) is 19.7. The predicted octanol–water partition coefficient (Wildman–Crippen LogP) is 1.06. The number of piperazine rings is 1. The summed E-state index contributed by atoms with van der Waals surface area (Å²) in [7, 11) is 1.72. The number of rotatable bonds is 6. The van der Waals surface area contributed by atoms with Crippen LogP contribution in [0.3, 0.4) is 0 Å². The number of halogens is 2. The Kier molecular flexibility index (Phi) is 6.56. The number of pyridine rings is 1. The average molecular weight is 489 g/mol. The maximum Gasteiger partial charge on any atom is 0.279 e. The molecule has 5 rings (SSSR count). The highest BCUT2D eigenvalue weighted by Crippen LogP contribution is 2.30. The van der Waals surface area contributed by atoms with Gasteiger partial charge in [-0.05, 0) is 25.9 Å². The molecule has 12 heteroatoms. The highest BCUT2D eigenvalue weighted by molar-refractivity contribution is 5.76. The van der Waals surface area contributed by atoms with Gasteiger partial charge in [-0.3, -0.25) is 9.69 Å². The van der Waals surface area contributed by atoms with E-state index in [4.69, 9.17) is 10.5 Å². The number of hydrogen-bond acceptors (Lipinski definition) is 8. The molecule has 0 bridgehead atoms. The zero-order chi connectivity index (χ0) is 24.5. The number of piperidine rings is 1. The lowest BCUT2D eigenvalue weighted by Crippen LogP contribution is -2.47. The molecule has 2 saturated heterocycles. The Labute approximate surface area is 201 Å². The van der Waals surface area contributed by atoms with Crippen LogP contribution in [-0.2, 0) is 7.05 Å². The van der Waals surface area contributed by atoms with Gasteiger partial charge in [-0.15, -0.1) is 5.10 Å². The van der Waals surface area contributed by atoms with Crippen molar-refractivity contribution in [3.63, 3.8) is 0 Å². The van der Waals surface area contributed by atoms with Crippen LogP contribution in [0, 0.1) is 11.6 Å². The number of ether oxygens (including phenoxy) is 1. The number of hydrogen-bond donors (Lipinski definition) is 2. The van der Waals surface area contributed by atoms with Gasteiger partial charge in [0.1, 0.15) is 23.9 Å². The summed E-state index contributed by atoms with van der Waals surface area (Å²) in [6, 6.07) is 4.57. The third-order valence-electron chi connectivity index (χ3n) is 6.84. The molecule has 0 radical (unpaired) electrons. The summed E-state index contributed by atoms with van der Waals surface area (Å²) in [5.41, 5.74) is 6.46. The molecule has 3 aromatic rings. The monoisotopic (exact) mass is 488 g/mol. The van der Waals surface area contributed by atoms with Gasteiger partial charge in [0.25, 0.3) is 5.56 Å². The lowest BCUT2D eigenvalue weighted by molar-refractivity contribution is 0.173. The molecule has 2 aliphatic heterocycles. The van der Waals surface area contributed by atoms with E-state index in [0.29, 0.717) is 50.7 Å². The van der Waals surface area contributed by atoms with E-state index in [1.54, 1.807) is 16.6 Å². The smallest absolute Gasteiger partial charge is 0.279 e. The molecule has 2 aliphatic rings. The summed E-state index contributed by atoms with van der Waals surface area (Å²) in [6.45, 7) is 4.66. The fourth-order valence-corrected chi connectivity index (χ4v) is 4.77. The van der Waals surface area contributed by atoms with Crippen molar-refractivity contribution in [2.45, 2.75) is 18.9 Å². The Balaban J connectivity index is 1.20. The number of benzene rings is 1. The van der Waals surface area contributed by atoms with Crippen LogP contribution in [0.4, 0.5) is 20.3 Å². The summed E-state index contributed by atoms with van der Waals surface area (Å²) in [4.78, 5) is 21.1. The number of fused-ring (bicyclic) bond motifs is 1. The first-order valence-corrected chi connectivity index (χ1v) is 11.9. The Morgan fingerprint density at radius 2 is 1.71 bits per heavy atom. The molecule has 0 spiro atoms. The number of aromatic amines is 1. The van der Waals surface area contributed by atoms with Crippen molar-refractivity contribution in [2.75, 3.05) is 62.2 Å². The number of H-pyrrole nitrogens is 1. The van der Waals surface area contributed by atoms with Crippen molar-refractivity contribution >= 4 is 22.5 Å². The molecule has 0 unspecified atom stereocenters. The minimum absolute atomic E-state index is 0.0539. The Bertz CT molecular complexity index is 1220. The molecule has 3 N–H and O–H groups in total. The number of aromatic nitrogens is 4.